The Bertz CT molecular complexity index is 282. The van der Waals surface area contributed by atoms with Crippen LogP contribution in [0.15, 0.2) is 0 Å². The molecule has 3 nitrogen and oxygen atoms in total. The standard InChI is InChI=1S/C20H42NO2/c1-19(2)23-20(22)17-15-13-11-9-7-6-8-10-12-14-16-18-21(3,4)5/h19H,6-18H2,1-5H3/q+1. The second-order valence-electron chi connectivity index (χ2n) is 8.19. The third-order valence-electron chi connectivity index (χ3n) is 4.08. The van der Waals surface area contributed by atoms with Crippen LogP contribution in [0.3, 0.4) is 0 Å². The van der Waals surface area contributed by atoms with Crippen LogP contribution >= 0.6 is 0 Å². The van der Waals surface area contributed by atoms with E-state index in [0.717, 1.165) is 17.3 Å². The summed E-state index contributed by atoms with van der Waals surface area (Å²) in [6.45, 7) is 5.11. The Morgan fingerprint density at radius 2 is 1.13 bits per heavy atom. The molecule has 0 saturated carbocycles. The van der Waals surface area contributed by atoms with Crippen LogP contribution in [0, 0.1) is 0 Å². The van der Waals surface area contributed by atoms with E-state index in [9.17, 15) is 4.79 Å². The largest absolute Gasteiger partial charge is 0.463 e. The summed E-state index contributed by atoms with van der Waals surface area (Å²) in [4.78, 5) is 11.4. The lowest BCUT2D eigenvalue weighted by Crippen LogP contribution is -2.35. The maximum Gasteiger partial charge on any atom is 0.306 e. The van der Waals surface area contributed by atoms with Crippen molar-refractivity contribution in [3.63, 3.8) is 0 Å². The topological polar surface area (TPSA) is 26.3 Å². The molecule has 0 spiro atoms. The van der Waals surface area contributed by atoms with Crippen molar-refractivity contribution in [2.24, 2.45) is 0 Å². The van der Waals surface area contributed by atoms with Gasteiger partial charge in [0.1, 0.15) is 0 Å². The van der Waals surface area contributed by atoms with Gasteiger partial charge in [0.2, 0.25) is 0 Å². The Labute approximate surface area is 145 Å². The van der Waals surface area contributed by atoms with Crippen LogP contribution in [-0.2, 0) is 9.53 Å². The summed E-state index contributed by atoms with van der Waals surface area (Å²) in [5, 5.41) is 0. The Balaban J connectivity index is 3.15. The molecular formula is C20H42NO2+. The second kappa shape index (κ2) is 13.8. The van der Waals surface area contributed by atoms with Crippen LogP contribution in [0.1, 0.15) is 90.9 Å². The van der Waals surface area contributed by atoms with Crippen LogP contribution in [0.4, 0.5) is 0 Å². The average Bonchev–Trinajstić information content (AvgIpc) is 2.42. The van der Waals surface area contributed by atoms with E-state index in [1.54, 1.807) is 0 Å². The first-order chi connectivity index (χ1) is 10.8. The maximum absolute atomic E-state index is 11.4. The highest BCUT2D eigenvalue weighted by atomic mass is 16.5. The molecule has 3 heteroatoms. The van der Waals surface area contributed by atoms with Gasteiger partial charge in [0.15, 0.2) is 0 Å². The number of unbranched alkanes of at least 4 members (excludes halogenated alkanes) is 10. The van der Waals surface area contributed by atoms with Crippen molar-refractivity contribution in [2.75, 3.05) is 27.7 Å². The fourth-order valence-electron chi connectivity index (χ4n) is 2.77. The quantitative estimate of drug-likeness (QED) is 0.231. The summed E-state index contributed by atoms with van der Waals surface area (Å²) in [5.41, 5.74) is 0. The van der Waals surface area contributed by atoms with E-state index in [-0.39, 0.29) is 12.1 Å². The molecule has 0 N–H and O–H groups in total. The first-order valence-electron chi connectivity index (χ1n) is 9.81. The summed E-state index contributed by atoms with van der Waals surface area (Å²) in [7, 11) is 6.81. The van der Waals surface area contributed by atoms with E-state index >= 15 is 0 Å². The fraction of sp³-hybridized carbons (Fsp3) is 0.950. The summed E-state index contributed by atoms with van der Waals surface area (Å²) in [5.74, 6) is -0.0368. The lowest BCUT2D eigenvalue weighted by molar-refractivity contribution is -0.870. The lowest BCUT2D eigenvalue weighted by Gasteiger charge is -2.23. The molecule has 0 aromatic heterocycles. The van der Waals surface area contributed by atoms with E-state index in [4.69, 9.17) is 4.74 Å². The van der Waals surface area contributed by atoms with E-state index in [0.29, 0.717) is 6.42 Å². The van der Waals surface area contributed by atoms with Gasteiger partial charge in [-0.1, -0.05) is 51.4 Å². The molecule has 0 unspecified atom stereocenters. The second-order valence-corrected chi connectivity index (χ2v) is 8.19. The summed E-state index contributed by atoms with van der Waals surface area (Å²) in [6, 6.07) is 0. The van der Waals surface area contributed by atoms with Crippen LogP contribution in [0.2, 0.25) is 0 Å². The van der Waals surface area contributed by atoms with Crippen molar-refractivity contribution in [3.05, 3.63) is 0 Å². The van der Waals surface area contributed by atoms with Crippen molar-refractivity contribution in [3.8, 4) is 0 Å². The molecule has 23 heavy (non-hydrogen) atoms. The van der Waals surface area contributed by atoms with Crippen LogP contribution in [-0.4, -0.2) is 44.2 Å². The summed E-state index contributed by atoms with van der Waals surface area (Å²) < 4.78 is 6.22. The third-order valence-corrected chi connectivity index (χ3v) is 4.08. The molecular weight excluding hydrogens is 286 g/mol. The fourth-order valence-corrected chi connectivity index (χ4v) is 2.77. The number of hydrogen-bond acceptors (Lipinski definition) is 2. The monoisotopic (exact) mass is 328 g/mol. The lowest BCUT2D eigenvalue weighted by atomic mass is 10.1. The first kappa shape index (κ1) is 22.4. The Kier molecular flexibility index (Phi) is 13.5. The van der Waals surface area contributed by atoms with Gasteiger partial charge < -0.3 is 9.22 Å². The van der Waals surface area contributed by atoms with E-state index in [1.807, 2.05) is 13.8 Å². The van der Waals surface area contributed by atoms with Gasteiger partial charge in [-0.25, -0.2) is 0 Å². The number of carbonyl (C=O) groups excluding carboxylic acids is 1. The van der Waals surface area contributed by atoms with E-state index in [1.165, 1.54) is 64.3 Å². The maximum atomic E-state index is 11.4. The zero-order valence-electron chi connectivity index (χ0n) is 16.5. The number of quaternary nitrogens is 1. The van der Waals surface area contributed by atoms with Crippen molar-refractivity contribution in [1.82, 2.24) is 0 Å². The highest BCUT2D eigenvalue weighted by Gasteiger charge is 2.05. The number of nitrogens with zero attached hydrogens (tertiary/aromatic N) is 1. The van der Waals surface area contributed by atoms with Gasteiger partial charge in [0, 0.05) is 6.42 Å². The minimum Gasteiger partial charge on any atom is -0.463 e. The van der Waals surface area contributed by atoms with Gasteiger partial charge in [-0.2, -0.15) is 0 Å². The molecule has 0 radical (unpaired) electrons. The number of rotatable bonds is 15. The molecule has 0 fully saturated rings. The molecule has 0 saturated heterocycles. The van der Waals surface area contributed by atoms with Gasteiger partial charge in [-0.05, 0) is 33.1 Å². The number of ether oxygens (including phenoxy) is 1. The van der Waals surface area contributed by atoms with Gasteiger partial charge in [0.05, 0.1) is 33.8 Å². The molecule has 0 aliphatic rings. The first-order valence-corrected chi connectivity index (χ1v) is 9.81. The molecule has 0 aromatic rings. The number of esters is 1. The van der Waals surface area contributed by atoms with Gasteiger partial charge in [-0.15, -0.1) is 0 Å². The van der Waals surface area contributed by atoms with Gasteiger partial charge >= 0.3 is 5.97 Å². The van der Waals surface area contributed by atoms with Gasteiger partial charge in [0.25, 0.3) is 0 Å². The Hall–Kier alpha value is -0.570. The van der Waals surface area contributed by atoms with Gasteiger partial charge in [-0.3, -0.25) is 4.79 Å². The van der Waals surface area contributed by atoms with Crippen LogP contribution in [0.5, 0.6) is 0 Å². The molecule has 0 aromatic carbocycles. The van der Waals surface area contributed by atoms with E-state index < -0.39 is 0 Å². The van der Waals surface area contributed by atoms with Crippen molar-refractivity contribution >= 4 is 5.97 Å². The minimum atomic E-state index is -0.0368. The van der Waals surface area contributed by atoms with Crippen LogP contribution in [0.25, 0.3) is 0 Å². The smallest absolute Gasteiger partial charge is 0.306 e. The molecule has 138 valence electrons. The van der Waals surface area contributed by atoms with E-state index in [2.05, 4.69) is 21.1 Å². The molecule has 0 aliphatic carbocycles. The zero-order valence-corrected chi connectivity index (χ0v) is 16.5. The minimum absolute atomic E-state index is 0.0232. The highest BCUT2D eigenvalue weighted by Crippen LogP contribution is 2.12. The number of hydrogen-bond donors (Lipinski definition) is 0. The molecule has 0 atom stereocenters. The normalized spacial score (nSPS) is 11.9. The molecule has 0 bridgehead atoms. The Morgan fingerprint density at radius 3 is 1.52 bits per heavy atom. The molecule has 0 rings (SSSR count). The SMILES string of the molecule is CC(C)OC(=O)CCCCCCCCCCCCC[N+](C)(C)C. The molecule has 0 amide bonds. The average molecular weight is 329 g/mol. The molecule has 0 aliphatic heterocycles. The predicted molar refractivity (Wildman–Crippen MR) is 99.5 cm³/mol. The van der Waals surface area contributed by atoms with Crippen LogP contribution < -0.4 is 0 Å². The summed E-state index contributed by atoms with van der Waals surface area (Å²) in [6.07, 6.45) is 15.0. The molecule has 0 heterocycles. The third kappa shape index (κ3) is 19.4. The van der Waals surface area contributed by atoms with Crippen molar-refractivity contribution in [1.29, 1.82) is 0 Å². The highest BCUT2D eigenvalue weighted by molar-refractivity contribution is 5.69. The predicted octanol–water partition coefficient (Wildman–Crippen LogP) is 5.33. The van der Waals surface area contributed by atoms with Crippen molar-refractivity contribution < 1.29 is 14.0 Å². The number of carbonyl (C=O) groups is 1. The van der Waals surface area contributed by atoms with Crippen molar-refractivity contribution in [2.45, 2.75) is 97.0 Å². The Morgan fingerprint density at radius 1 is 0.739 bits per heavy atom. The zero-order chi connectivity index (χ0) is 17.6. The summed E-state index contributed by atoms with van der Waals surface area (Å²) >= 11 is 0.